The van der Waals surface area contributed by atoms with E-state index in [-0.39, 0.29) is 41.0 Å². The number of nitro groups is 1. The second kappa shape index (κ2) is 8.76. The summed E-state index contributed by atoms with van der Waals surface area (Å²) < 4.78 is 10.9. The average molecular weight is 418 g/mol. The lowest BCUT2D eigenvalue weighted by Gasteiger charge is -2.23. The molecule has 4 rings (SSSR count). The van der Waals surface area contributed by atoms with Crippen molar-refractivity contribution in [2.75, 3.05) is 18.1 Å². The molecule has 1 unspecified atom stereocenters. The number of non-ortho nitro benzene ring substituents is 1. The van der Waals surface area contributed by atoms with Crippen molar-refractivity contribution in [2.24, 2.45) is 0 Å². The molecular weight excluding hydrogens is 400 g/mol. The fourth-order valence-corrected chi connectivity index (χ4v) is 2.99. The highest BCUT2D eigenvalue weighted by Crippen LogP contribution is 2.35. The smallest absolute Gasteiger partial charge is 0.271 e. The van der Waals surface area contributed by atoms with Gasteiger partial charge in [0.15, 0.2) is 0 Å². The standard InChI is InChI=1S/C23H18N2O6/c26-22(16-7-3-1-4-8-16)24(23(27)17-9-5-2-6-10-17)20-13-18(25(28)29)11-12-21(20)31-15-19-14-30-19/h1-13,19H,14-15H2. The molecule has 0 spiro atoms. The van der Waals surface area contributed by atoms with Gasteiger partial charge in [-0.05, 0) is 30.3 Å². The van der Waals surface area contributed by atoms with Gasteiger partial charge in [0.25, 0.3) is 17.5 Å². The second-order valence-corrected chi connectivity index (χ2v) is 6.85. The summed E-state index contributed by atoms with van der Waals surface area (Å²) in [6.45, 7) is 0.760. The fraction of sp³-hybridized carbons (Fsp3) is 0.130. The average Bonchev–Trinajstić information content (AvgIpc) is 3.64. The Kier molecular flexibility index (Phi) is 5.72. The van der Waals surface area contributed by atoms with Gasteiger partial charge in [0.1, 0.15) is 24.1 Å². The first kappa shape index (κ1) is 20.2. The van der Waals surface area contributed by atoms with Crippen LogP contribution in [0.3, 0.4) is 0 Å². The fourth-order valence-electron chi connectivity index (χ4n) is 2.99. The molecular formula is C23H18N2O6. The third kappa shape index (κ3) is 4.59. The molecule has 8 heteroatoms. The molecule has 0 N–H and O–H groups in total. The van der Waals surface area contributed by atoms with Crippen LogP contribution in [0, 0.1) is 10.1 Å². The maximum atomic E-state index is 13.4. The van der Waals surface area contributed by atoms with E-state index < -0.39 is 16.7 Å². The predicted octanol–water partition coefficient (Wildman–Crippen LogP) is 3.86. The zero-order valence-electron chi connectivity index (χ0n) is 16.3. The maximum absolute atomic E-state index is 13.4. The van der Waals surface area contributed by atoms with Crippen molar-refractivity contribution in [3.05, 3.63) is 100 Å². The molecule has 0 bridgehead atoms. The van der Waals surface area contributed by atoms with Crippen molar-refractivity contribution in [3.63, 3.8) is 0 Å². The summed E-state index contributed by atoms with van der Waals surface area (Å²) in [6, 6.07) is 20.3. The van der Waals surface area contributed by atoms with Gasteiger partial charge in [-0.1, -0.05) is 36.4 Å². The minimum absolute atomic E-state index is 0.00226. The van der Waals surface area contributed by atoms with E-state index in [1.807, 2.05) is 0 Å². The summed E-state index contributed by atoms with van der Waals surface area (Å²) >= 11 is 0. The highest BCUT2D eigenvalue weighted by molar-refractivity contribution is 6.26. The number of benzene rings is 3. The summed E-state index contributed by atoms with van der Waals surface area (Å²) in [4.78, 5) is 38.5. The van der Waals surface area contributed by atoms with Crippen LogP contribution in [0.5, 0.6) is 5.75 Å². The lowest BCUT2D eigenvalue weighted by atomic mass is 10.1. The van der Waals surface area contributed by atoms with Crippen LogP contribution in [0.4, 0.5) is 11.4 Å². The van der Waals surface area contributed by atoms with Gasteiger partial charge in [-0.15, -0.1) is 0 Å². The van der Waals surface area contributed by atoms with Gasteiger partial charge in [-0.25, -0.2) is 4.90 Å². The van der Waals surface area contributed by atoms with Crippen LogP contribution in [0.2, 0.25) is 0 Å². The summed E-state index contributed by atoms with van der Waals surface area (Å²) in [5, 5.41) is 11.4. The Hall–Kier alpha value is -4.04. The predicted molar refractivity (Wildman–Crippen MR) is 112 cm³/mol. The van der Waals surface area contributed by atoms with Gasteiger partial charge in [0, 0.05) is 23.3 Å². The molecule has 1 aliphatic rings. The Labute approximate surface area is 177 Å². The highest BCUT2D eigenvalue weighted by atomic mass is 16.6. The summed E-state index contributed by atoms with van der Waals surface area (Å²) in [5.74, 6) is -1.07. The second-order valence-electron chi connectivity index (χ2n) is 6.85. The highest BCUT2D eigenvalue weighted by Gasteiger charge is 2.31. The molecule has 8 nitrogen and oxygen atoms in total. The molecule has 2 amide bonds. The van der Waals surface area contributed by atoms with Crippen LogP contribution in [-0.2, 0) is 4.74 Å². The lowest BCUT2D eigenvalue weighted by Crippen LogP contribution is -2.37. The quantitative estimate of drug-likeness (QED) is 0.250. The third-order valence-electron chi connectivity index (χ3n) is 4.67. The molecule has 31 heavy (non-hydrogen) atoms. The number of hydrogen-bond acceptors (Lipinski definition) is 6. The van der Waals surface area contributed by atoms with E-state index in [0.717, 1.165) is 4.90 Å². The van der Waals surface area contributed by atoms with Crippen molar-refractivity contribution >= 4 is 23.2 Å². The summed E-state index contributed by atoms with van der Waals surface area (Å²) in [7, 11) is 0. The van der Waals surface area contributed by atoms with Gasteiger partial charge in [-0.2, -0.15) is 0 Å². The zero-order valence-corrected chi connectivity index (χ0v) is 16.3. The van der Waals surface area contributed by atoms with Crippen molar-refractivity contribution in [3.8, 4) is 5.75 Å². The van der Waals surface area contributed by atoms with E-state index >= 15 is 0 Å². The SMILES string of the molecule is O=C(c1ccccc1)N(C(=O)c1ccccc1)c1cc([N+](=O)[O-])ccc1OCC1CO1. The Bertz CT molecular complexity index is 1060. The van der Waals surface area contributed by atoms with Gasteiger partial charge >= 0.3 is 0 Å². The van der Waals surface area contributed by atoms with Gasteiger partial charge < -0.3 is 9.47 Å². The molecule has 0 aliphatic carbocycles. The molecule has 1 atom stereocenters. The number of hydrogen-bond donors (Lipinski definition) is 0. The number of rotatable bonds is 7. The first-order valence-corrected chi connectivity index (χ1v) is 9.56. The zero-order chi connectivity index (χ0) is 21.8. The van der Waals surface area contributed by atoms with E-state index in [9.17, 15) is 19.7 Å². The number of ether oxygens (including phenoxy) is 2. The number of epoxide rings is 1. The maximum Gasteiger partial charge on any atom is 0.271 e. The molecule has 1 aliphatic heterocycles. The van der Waals surface area contributed by atoms with Crippen molar-refractivity contribution in [2.45, 2.75) is 6.10 Å². The number of carbonyl (C=O) groups is 2. The topological polar surface area (TPSA) is 102 Å². The molecule has 3 aromatic rings. The monoisotopic (exact) mass is 418 g/mol. The Morgan fingerprint density at radius 1 is 0.968 bits per heavy atom. The van der Waals surface area contributed by atoms with E-state index in [1.54, 1.807) is 60.7 Å². The Morgan fingerprint density at radius 3 is 2.00 bits per heavy atom. The first-order valence-electron chi connectivity index (χ1n) is 9.56. The van der Waals surface area contributed by atoms with Gasteiger partial charge in [-0.3, -0.25) is 19.7 Å². The van der Waals surface area contributed by atoms with Crippen LogP contribution < -0.4 is 9.64 Å². The van der Waals surface area contributed by atoms with Crippen LogP contribution in [0.15, 0.2) is 78.9 Å². The summed E-state index contributed by atoms with van der Waals surface area (Å²) in [5.41, 5.74) is 0.249. The van der Waals surface area contributed by atoms with E-state index in [4.69, 9.17) is 9.47 Å². The molecule has 1 fully saturated rings. The molecule has 0 saturated carbocycles. The number of carbonyl (C=O) groups excluding carboxylic acids is 2. The molecule has 1 saturated heterocycles. The Morgan fingerprint density at radius 2 is 1.52 bits per heavy atom. The van der Waals surface area contributed by atoms with Gasteiger partial charge in [0.05, 0.1) is 11.5 Å². The molecule has 3 aromatic carbocycles. The summed E-state index contributed by atoms with van der Waals surface area (Å²) in [6.07, 6.45) is -0.0776. The van der Waals surface area contributed by atoms with E-state index in [1.165, 1.54) is 18.2 Å². The number of anilines is 1. The van der Waals surface area contributed by atoms with Crippen molar-refractivity contribution < 1.29 is 24.0 Å². The van der Waals surface area contributed by atoms with Crippen LogP contribution in [0.1, 0.15) is 20.7 Å². The van der Waals surface area contributed by atoms with Crippen LogP contribution in [-0.4, -0.2) is 36.1 Å². The van der Waals surface area contributed by atoms with Crippen molar-refractivity contribution in [1.29, 1.82) is 0 Å². The lowest BCUT2D eigenvalue weighted by molar-refractivity contribution is -0.384. The minimum Gasteiger partial charge on any atom is -0.489 e. The molecule has 1 heterocycles. The molecule has 0 radical (unpaired) electrons. The molecule has 156 valence electrons. The van der Waals surface area contributed by atoms with Gasteiger partial charge in [0.2, 0.25) is 0 Å². The largest absolute Gasteiger partial charge is 0.489 e. The number of imide groups is 1. The number of nitrogens with zero attached hydrogens (tertiary/aromatic N) is 2. The number of nitro benzene ring substituents is 1. The van der Waals surface area contributed by atoms with Crippen LogP contribution >= 0.6 is 0 Å². The van der Waals surface area contributed by atoms with Crippen LogP contribution in [0.25, 0.3) is 0 Å². The molecule has 0 aromatic heterocycles. The number of amides is 2. The van der Waals surface area contributed by atoms with E-state index in [0.29, 0.717) is 6.61 Å². The normalized spacial score (nSPS) is 14.5. The first-order chi connectivity index (χ1) is 15.0. The van der Waals surface area contributed by atoms with E-state index in [2.05, 4.69) is 0 Å². The minimum atomic E-state index is -0.623. The third-order valence-corrected chi connectivity index (χ3v) is 4.67. The Balaban J connectivity index is 1.83. The van der Waals surface area contributed by atoms with Crippen molar-refractivity contribution in [1.82, 2.24) is 0 Å².